The van der Waals surface area contributed by atoms with Crippen LogP contribution in [0, 0.1) is 0 Å². The Bertz CT molecular complexity index is 636. The van der Waals surface area contributed by atoms with Crippen LogP contribution in [-0.2, 0) is 18.4 Å². The van der Waals surface area contributed by atoms with Crippen molar-refractivity contribution in [3.05, 3.63) is 53.4 Å². The zero-order chi connectivity index (χ0) is 17.4. The highest BCUT2D eigenvalue weighted by Crippen LogP contribution is 2.22. The molecule has 1 aromatic heterocycles. The van der Waals surface area contributed by atoms with Gasteiger partial charge < -0.3 is 15.2 Å². The van der Waals surface area contributed by atoms with Crippen LogP contribution in [0.4, 0.5) is 0 Å². The SMILES string of the molecule is CCNC(=NCc1ccon1)NCC(C)(C)c1ccc(CC)cc1.I. The largest absolute Gasteiger partial charge is 0.364 e. The molecular formula is C19H29IN4O. The first-order chi connectivity index (χ1) is 11.5. The highest BCUT2D eigenvalue weighted by atomic mass is 127. The number of aryl methyl sites for hydroxylation is 1. The predicted molar refractivity (Wildman–Crippen MR) is 114 cm³/mol. The van der Waals surface area contributed by atoms with Crippen molar-refractivity contribution in [2.24, 2.45) is 4.99 Å². The molecule has 6 heteroatoms. The van der Waals surface area contributed by atoms with Gasteiger partial charge in [0.2, 0.25) is 0 Å². The van der Waals surface area contributed by atoms with E-state index < -0.39 is 0 Å². The number of nitrogens with zero attached hydrogens (tertiary/aromatic N) is 2. The number of rotatable bonds is 7. The van der Waals surface area contributed by atoms with E-state index in [2.05, 4.69) is 72.7 Å². The van der Waals surface area contributed by atoms with E-state index in [1.807, 2.05) is 6.07 Å². The third-order valence-electron chi connectivity index (χ3n) is 4.08. The van der Waals surface area contributed by atoms with Crippen molar-refractivity contribution in [3.8, 4) is 0 Å². The molecule has 0 atom stereocenters. The van der Waals surface area contributed by atoms with Gasteiger partial charge in [0, 0.05) is 24.6 Å². The van der Waals surface area contributed by atoms with Gasteiger partial charge >= 0.3 is 0 Å². The zero-order valence-electron chi connectivity index (χ0n) is 15.5. The summed E-state index contributed by atoms with van der Waals surface area (Å²) in [5.74, 6) is 0.791. The van der Waals surface area contributed by atoms with Crippen molar-refractivity contribution in [1.82, 2.24) is 15.8 Å². The minimum Gasteiger partial charge on any atom is -0.364 e. The van der Waals surface area contributed by atoms with E-state index >= 15 is 0 Å². The van der Waals surface area contributed by atoms with Gasteiger partial charge in [0.15, 0.2) is 5.96 Å². The van der Waals surface area contributed by atoms with E-state index in [1.165, 1.54) is 11.1 Å². The van der Waals surface area contributed by atoms with Crippen molar-refractivity contribution >= 4 is 29.9 Å². The Kier molecular flexibility index (Phi) is 8.96. The molecule has 1 aromatic carbocycles. The molecule has 0 saturated carbocycles. The maximum Gasteiger partial charge on any atom is 0.191 e. The molecule has 2 rings (SSSR count). The summed E-state index contributed by atoms with van der Waals surface area (Å²) in [6.07, 6.45) is 2.63. The van der Waals surface area contributed by atoms with E-state index in [4.69, 9.17) is 4.52 Å². The molecule has 0 spiro atoms. The highest BCUT2D eigenvalue weighted by Gasteiger charge is 2.20. The smallest absolute Gasteiger partial charge is 0.191 e. The molecule has 0 bridgehead atoms. The molecular weight excluding hydrogens is 427 g/mol. The van der Waals surface area contributed by atoms with Crippen molar-refractivity contribution in [1.29, 1.82) is 0 Å². The van der Waals surface area contributed by atoms with Gasteiger partial charge in [-0.05, 0) is 24.5 Å². The first kappa shape index (κ1) is 21.5. The number of halogens is 1. The lowest BCUT2D eigenvalue weighted by Gasteiger charge is -2.27. The van der Waals surface area contributed by atoms with Crippen LogP contribution >= 0.6 is 24.0 Å². The Morgan fingerprint density at radius 3 is 2.40 bits per heavy atom. The molecule has 0 aliphatic heterocycles. The Hall–Kier alpha value is -1.57. The standard InChI is InChI=1S/C19H28N4O.HI/c1-5-15-7-9-16(10-8-15)19(3,4)14-22-18(20-6-2)21-13-17-11-12-24-23-17;/h7-12H,5-6,13-14H2,1-4H3,(H2,20,21,22);1H. The van der Waals surface area contributed by atoms with E-state index in [0.717, 1.165) is 31.2 Å². The second-order valence-corrected chi connectivity index (χ2v) is 6.47. The number of benzene rings is 1. The molecule has 25 heavy (non-hydrogen) atoms. The maximum absolute atomic E-state index is 4.84. The summed E-state index contributed by atoms with van der Waals surface area (Å²) in [7, 11) is 0. The molecule has 0 unspecified atom stereocenters. The number of hydrogen-bond donors (Lipinski definition) is 2. The fourth-order valence-corrected chi connectivity index (χ4v) is 2.42. The van der Waals surface area contributed by atoms with Gasteiger partial charge in [-0.25, -0.2) is 4.99 Å². The summed E-state index contributed by atoms with van der Waals surface area (Å²) in [5.41, 5.74) is 3.52. The Morgan fingerprint density at radius 1 is 1.12 bits per heavy atom. The van der Waals surface area contributed by atoms with E-state index in [0.29, 0.717) is 6.54 Å². The van der Waals surface area contributed by atoms with Crippen LogP contribution in [0.2, 0.25) is 0 Å². The van der Waals surface area contributed by atoms with Crippen LogP contribution in [-0.4, -0.2) is 24.2 Å². The molecule has 0 aliphatic carbocycles. The lowest BCUT2D eigenvalue weighted by atomic mass is 9.84. The van der Waals surface area contributed by atoms with Crippen LogP contribution < -0.4 is 10.6 Å². The quantitative estimate of drug-likeness (QED) is 0.377. The van der Waals surface area contributed by atoms with E-state index in [1.54, 1.807) is 6.26 Å². The van der Waals surface area contributed by atoms with Gasteiger partial charge in [-0.3, -0.25) is 0 Å². The van der Waals surface area contributed by atoms with Crippen LogP contribution in [0.25, 0.3) is 0 Å². The fourth-order valence-electron chi connectivity index (χ4n) is 2.42. The maximum atomic E-state index is 4.84. The zero-order valence-corrected chi connectivity index (χ0v) is 17.8. The number of aromatic nitrogens is 1. The van der Waals surface area contributed by atoms with Crippen molar-refractivity contribution in [3.63, 3.8) is 0 Å². The van der Waals surface area contributed by atoms with Gasteiger partial charge in [-0.2, -0.15) is 0 Å². The van der Waals surface area contributed by atoms with Gasteiger partial charge in [0.1, 0.15) is 12.0 Å². The Morgan fingerprint density at radius 2 is 1.84 bits per heavy atom. The Balaban J connectivity index is 0.00000312. The molecule has 2 N–H and O–H groups in total. The van der Waals surface area contributed by atoms with Gasteiger partial charge in [-0.15, -0.1) is 24.0 Å². The average molecular weight is 456 g/mol. The number of aliphatic imine (C=N–C) groups is 1. The summed E-state index contributed by atoms with van der Waals surface area (Å²) in [4.78, 5) is 4.55. The molecule has 2 aromatic rings. The fraction of sp³-hybridized carbons (Fsp3) is 0.474. The molecule has 0 aliphatic rings. The first-order valence-corrected chi connectivity index (χ1v) is 8.56. The van der Waals surface area contributed by atoms with Crippen LogP contribution in [0.5, 0.6) is 0 Å². The van der Waals surface area contributed by atoms with Crippen molar-refractivity contribution in [2.75, 3.05) is 13.1 Å². The lowest BCUT2D eigenvalue weighted by Crippen LogP contribution is -2.43. The Labute approximate surface area is 167 Å². The second-order valence-electron chi connectivity index (χ2n) is 6.47. The van der Waals surface area contributed by atoms with Crippen LogP contribution in [0.15, 0.2) is 46.1 Å². The van der Waals surface area contributed by atoms with Gasteiger partial charge in [0.05, 0.1) is 6.54 Å². The van der Waals surface area contributed by atoms with Gasteiger partial charge in [-0.1, -0.05) is 50.2 Å². The van der Waals surface area contributed by atoms with Gasteiger partial charge in [0.25, 0.3) is 0 Å². The lowest BCUT2D eigenvalue weighted by molar-refractivity contribution is 0.412. The molecule has 0 amide bonds. The monoisotopic (exact) mass is 456 g/mol. The third kappa shape index (κ3) is 6.68. The van der Waals surface area contributed by atoms with Crippen LogP contribution in [0.3, 0.4) is 0 Å². The predicted octanol–water partition coefficient (Wildman–Crippen LogP) is 3.89. The minimum absolute atomic E-state index is 0. The topological polar surface area (TPSA) is 62.5 Å². The second kappa shape index (κ2) is 10.4. The average Bonchev–Trinajstić information content (AvgIpc) is 3.11. The summed E-state index contributed by atoms with van der Waals surface area (Å²) in [5, 5.41) is 10.6. The van der Waals surface area contributed by atoms with Crippen molar-refractivity contribution in [2.45, 2.75) is 46.1 Å². The summed E-state index contributed by atoms with van der Waals surface area (Å²) in [6, 6.07) is 10.7. The first-order valence-electron chi connectivity index (χ1n) is 8.56. The number of hydrogen-bond acceptors (Lipinski definition) is 3. The molecule has 0 saturated heterocycles. The molecule has 0 radical (unpaired) electrons. The number of nitrogens with one attached hydrogen (secondary N) is 2. The third-order valence-corrected chi connectivity index (χ3v) is 4.08. The highest BCUT2D eigenvalue weighted by molar-refractivity contribution is 14.0. The van der Waals surface area contributed by atoms with E-state index in [9.17, 15) is 0 Å². The summed E-state index contributed by atoms with van der Waals surface area (Å²) < 4.78 is 4.84. The normalized spacial score (nSPS) is 11.8. The van der Waals surface area contributed by atoms with E-state index in [-0.39, 0.29) is 29.4 Å². The minimum atomic E-state index is 0. The van der Waals surface area contributed by atoms with Crippen molar-refractivity contribution < 1.29 is 4.52 Å². The summed E-state index contributed by atoms with van der Waals surface area (Å²) >= 11 is 0. The molecule has 5 nitrogen and oxygen atoms in total. The molecule has 138 valence electrons. The van der Waals surface area contributed by atoms with Crippen LogP contribution in [0.1, 0.15) is 44.5 Å². The molecule has 0 fully saturated rings. The number of guanidine groups is 1. The summed E-state index contributed by atoms with van der Waals surface area (Å²) in [6.45, 7) is 10.8. The molecule has 1 heterocycles.